The average molecular weight is 223 g/mol. The van der Waals surface area contributed by atoms with E-state index in [4.69, 9.17) is 21.0 Å². The molecule has 0 spiro atoms. The number of nitrogens with two attached hydrogens (primary N) is 1. The van der Waals surface area contributed by atoms with Gasteiger partial charge in [-0.15, -0.1) is 0 Å². The van der Waals surface area contributed by atoms with Crippen molar-refractivity contribution in [1.29, 1.82) is 10.8 Å². The molecule has 0 saturated carbocycles. The molecule has 1 aromatic rings. The van der Waals surface area contributed by atoms with E-state index in [2.05, 4.69) is 0 Å². The second-order valence-electron chi connectivity index (χ2n) is 3.64. The van der Waals surface area contributed by atoms with E-state index in [0.29, 0.717) is 6.54 Å². The number of hydrogen-bond acceptors (Lipinski definition) is 3. The zero-order chi connectivity index (χ0) is 12.3. The molecule has 0 amide bonds. The van der Waals surface area contributed by atoms with E-state index < -0.39 is 0 Å². The van der Waals surface area contributed by atoms with Crippen LogP contribution < -0.4 is 5.73 Å². The summed E-state index contributed by atoms with van der Waals surface area (Å²) in [6, 6.07) is 3.74. The van der Waals surface area contributed by atoms with Crippen LogP contribution in [-0.4, -0.2) is 35.8 Å². The number of rotatable bonds is 2. The van der Waals surface area contributed by atoms with Crippen LogP contribution in [0.4, 0.5) is 0 Å². The van der Waals surface area contributed by atoms with E-state index >= 15 is 0 Å². The summed E-state index contributed by atoms with van der Waals surface area (Å²) in [5.74, 6) is 1.62. The Hall–Kier alpha value is -1.98. The molecule has 1 aromatic heterocycles. The molecule has 0 aliphatic rings. The van der Waals surface area contributed by atoms with E-state index in [1.807, 2.05) is 19.1 Å². The molecular formula is C10H17N5O. The first-order chi connectivity index (χ1) is 7.41. The Bertz CT molecular complexity index is 398. The first kappa shape index (κ1) is 12.1. The topological polar surface area (TPSA) is 93.3 Å². The van der Waals surface area contributed by atoms with Gasteiger partial charge < -0.3 is 15.1 Å². The van der Waals surface area contributed by atoms with Gasteiger partial charge in [0.25, 0.3) is 0 Å². The summed E-state index contributed by atoms with van der Waals surface area (Å²) in [5, 5.41) is 15.0. The fraction of sp³-hybridized carbons (Fsp3) is 0.400. The maximum atomic E-state index is 7.78. The SMILES string of the molecule is Cc1ccc(CN(C)C(=N)N(C)C(=N)N)o1. The molecule has 0 unspecified atom stereocenters. The molecule has 0 radical (unpaired) electrons. The third-order valence-electron chi connectivity index (χ3n) is 2.23. The Morgan fingerprint density at radius 1 is 1.38 bits per heavy atom. The number of aryl methyl sites for hydroxylation is 1. The molecule has 0 aliphatic carbocycles. The molecule has 0 aromatic carbocycles. The van der Waals surface area contributed by atoms with Gasteiger partial charge in [-0.2, -0.15) is 0 Å². The largest absolute Gasteiger partial charge is 0.464 e. The van der Waals surface area contributed by atoms with Crippen LogP contribution in [0.5, 0.6) is 0 Å². The molecular weight excluding hydrogens is 206 g/mol. The average Bonchev–Trinajstić information content (AvgIpc) is 2.61. The quantitative estimate of drug-likeness (QED) is 0.510. The van der Waals surface area contributed by atoms with Gasteiger partial charge >= 0.3 is 0 Å². The highest BCUT2D eigenvalue weighted by molar-refractivity contribution is 5.94. The van der Waals surface area contributed by atoms with Crippen molar-refractivity contribution in [2.24, 2.45) is 5.73 Å². The summed E-state index contributed by atoms with van der Waals surface area (Å²) in [7, 11) is 3.33. The second-order valence-corrected chi connectivity index (χ2v) is 3.64. The van der Waals surface area contributed by atoms with Gasteiger partial charge in [0.15, 0.2) is 11.9 Å². The third kappa shape index (κ3) is 2.75. The van der Waals surface area contributed by atoms with Gasteiger partial charge in [-0.05, 0) is 19.1 Å². The Kier molecular flexibility index (Phi) is 3.55. The monoisotopic (exact) mass is 223 g/mol. The summed E-state index contributed by atoms with van der Waals surface area (Å²) in [5.41, 5.74) is 5.29. The van der Waals surface area contributed by atoms with Crippen LogP contribution in [0.3, 0.4) is 0 Å². The van der Waals surface area contributed by atoms with Crippen molar-refractivity contribution in [1.82, 2.24) is 9.80 Å². The van der Waals surface area contributed by atoms with E-state index in [9.17, 15) is 0 Å². The van der Waals surface area contributed by atoms with Crippen molar-refractivity contribution in [3.63, 3.8) is 0 Å². The summed E-state index contributed by atoms with van der Waals surface area (Å²) in [6.07, 6.45) is 0. The van der Waals surface area contributed by atoms with Crippen molar-refractivity contribution in [2.45, 2.75) is 13.5 Å². The minimum Gasteiger partial charge on any atom is -0.464 e. The Balaban J connectivity index is 2.62. The van der Waals surface area contributed by atoms with E-state index in [-0.39, 0.29) is 11.9 Å². The van der Waals surface area contributed by atoms with Gasteiger partial charge in [0.1, 0.15) is 11.5 Å². The molecule has 0 aliphatic heterocycles. The van der Waals surface area contributed by atoms with Crippen LogP contribution in [0.25, 0.3) is 0 Å². The number of nitrogens with zero attached hydrogens (tertiary/aromatic N) is 2. The van der Waals surface area contributed by atoms with Gasteiger partial charge in [0.05, 0.1) is 6.54 Å². The smallest absolute Gasteiger partial charge is 0.200 e. The minimum absolute atomic E-state index is 0.154. The minimum atomic E-state index is -0.160. The van der Waals surface area contributed by atoms with Crippen molar-refractivity contribution < 1.29 is 4.42 Å². The standard InChI is InChI=1S/C10H17N5O/c1-7-4-5-8(16-7)6-14(2)10(13)15(3)9(11)12/h4-5,13H,6H2,1-3H3,(H3,11,12). The van der Waals surface area contributed by atoms with Gasteiger partial charge in [0.2, 0.25) is 0 Å². The predicted molar refractivity (Wildman–Crippen MR) is 62.3 cm³/mol. The van der Waals surface area contributed by atoms with Crippen LogP contribution in [0.15, 0.2) is 16.5 Å². The van der Waals surface area contributed by atoms with Crippen LogP contribution in [0.2, 0.25) is 0 Å². The van der Waals surface area contributed by atoms with Crippen LogP contribution in [0.1, 0.15) is 11.5 Å². The lowest BCUT2D eigenvalue weighted by molar-refractivity contribution is 0.375. The number of guanidine groups is 2. The lowest BCUT2D eigenvalue weighted by atomic mass is 10.4. The van der Waals surface area contributed by atoms with Gasteiger partial charge in [-0.25, -0.2) is 0 Å². The highest BCUT2D eigenvalue weighted by atomic mass is 16.3. The van der Waals surface area contributed by atoms with Crippen molar-refractivity contribution in [3.05, 3.63) is 23.7 Å². The summed E-state index contributed by atoms with van der Waals surface area (Å²) in [6.45, 7) is 2.35. The predicted octanol–water partition coefficient (Wildman–Crippen LogP) is 0.780. The number of nitrogens with one attached hydrogen (secondary N) is 2. The number of furan rings is 1. The van der Waals surface area contributed by atoms with Gasteiger partial charge in [-0.3, -0.25) is 15.7 Å². The highest BCUT2D eigenvalue weighted by Crippen LogP contribution is 2.09. The number of hydrogen-bond donors (Lipinski definition) is 3. The van der Waals surface area contributed by atoms with E-state index in [0.717, 1.165) is 11.5 Å². The van der Waals surface area contributed by atoms with Crippen molar-refractivity contribution >= 4 is 11.9 Å². The Morgan fingerprint density at radius 2 is 2.00 bits per heavy atom. The molecule has 0 fully saturated rings. The van der Waals surface area contributed by atoms with Crippen LogP contribution in [-0.2, 0) is 6.54 Å². The first-order valence-corrected chi connectivity index (χ1v) is 4.84. The highest BCUT2D eigenvalue weighted by Gasteiger charge is 2.13. The fourth-order valence-electron chi connectivity index (χ4n) is 1.25. The zero-order valence-corrected chi connectivity index (χ0v) is 9.74. The van der Waals surface area contributed by atoms with Gasteiger partial charge in [-0.1, -0.05) is 0 Å². The van der Waals surface area contributed by atoms with Crippen LogP contribution in [0, 0.1) is 17.7 Å². The van der Waals surface area contributed by atoms with E-state index in [1.165, 1.54) is 4.90 Å². The molecule has 16 heavy (non-hydrogen) atoms. The Labute approximate surface area is 94.6 Å². The molecule has 0 saturated heterocycles. The molecule has 6 heteroatoms. The summed E-state index contributed by atoms with van der Waals surface area (Å²) < 4.78 is 5.40. The van der Waals surface area contributed by atoms with E-state index in [1.54, 1.807) is 19.0 Å². The maximum Gasteiger partial charge on any atom is 0.200 e. The summed E-state index contributed by atoms with van der Waals surface area (Å²) >= 11 is 0. The van der Waals surface area contributed by atoms with Crippen molar-refractivity contribution in [2.75, 3.05) is 14.1 Å². The molecule has 0 bridgehead atoms. The Morgan fingerprint density at radius 3 is 2.44 bits per heavy atom. The zero-order valence-electron chi connectivity index (χ0n) is 9.74. The fourth-order valence-corrected chi connectivity index (χ4v) is 1.25. The van der Waals surface area contributed by atoms with Crippen molar-refractivity contribution in [3.8, 4) is 0 Å². The summed E-state index contributed by atoms with van der Waals surface area (Å²) in [4.78, 5) is 2.94. The molecule has 6 nitrogen and oxygen atoms in total. The molecule has 4 N–H and O–H groups in total. The third-order valence-corrected chi connectivity index (χ3v) is 2.23. The molecule has 1 heterocycles. The van der Waals surface area contributed by atoms with Crippen LogP contribution >= 0.6 is 0 Å². The molecule has 1 rings (SSSR count). The lowest BCUT2D eigenvalue weighted by Crippen LogP contribution is -2.45. The maximum absolute atomic E-state index is 7.78. The lowest BCUT2D eigenvalue weighted by Gasteiger charge is -2.25. The second kappa shape index (κ2) is 4.69. The normalized spacial score (nSPS) is 9.94. The first-order valence-electron chi connectivity index (χ1n) is 4.84. The molecule has 0 atom stereocenters. The van der Waals surface area contributed by atoms with Gasteiger partial charge in [0, 0.05) is 14.1 Å². The molecule has 88 valence electrons.